The van der Waals surface area contributed by atoms with Crippen LogP contribution < -0.4 is 5.73 Å². The number of hydrogen-bond donors (Lipinski definition) is 3. The summed E-state index contributed by atoms with van der Waals surface area (Å²) in [4.78, 5) is 11.9. The molecule has 0 spiro atoms. The van der Waals surface area contributed by atoms with Crippen molar-refractivity contribution in [3.63, 3.8) is 0 Å². The van der Waals surface area contributed by atoms with E-state index in [9.17, 15) is 9.90 Å². The van der Waals surface area contributed by atoms with Crippen molar-refractivity contribution < 1.29 is 9.90 Å². The van der Waals surface area contributed by atoms with E-state index in [1.165, 1.54) is 0 Å². The molecule has 1 atom stereocenters. The van der Waals surface area contributed by atoms with E-state index in [0.29, 0.717) is 41.3 Å². The maximum atomic E-state index is 11.9. The molecule has 0 heterocycles. The molecule has 2 aromatic carbocycles. The number of Topliss-reactive ketones (excluding diaryl/α,β-unsaturated/α-hetero) is 1. The number of hydrogen-bond acceptors (Lipinski definition) is 4. The molecule has 31 heavy (non-hydrogen) atoms. The van der Waals surface area contributed by atoms with Crippen molar-refractivity contribution in [2.24, 2.45) is 5.73 Å². The second kappa shape index (κ2) is 10.9. The lowest BCUT2D eigenvalue weighted by atomic mass is 9.76. The lowest BCUT2D eigenvalue weighted by Crippen LogP contribution is -2.47. The lowest BCUT2D eigenvalue weighted by molar-refractivity contribution is -0.126. The summed E-state index contributed by atoms with van der Waals surface area (Å²) in [5.74, 6) is 0.113. The van der Waals surface area contributed by atoms with Crippen LogP contribution in [0.1, 0.15) is 62.5 Å². The third-order valence-corrected chi connectivity index (χ3v) is 6.78. The zero-order chi connectivity index (χ0) is 21.8. The molecule has 0 aromatic heterocycles. The smallest absolute Gasteiger partial charge is 0.157 e. The molecule has 2 aliphatic rings. The third kappa shape index (κ3) is 5.68. The predicted molar refractivity (Wildman–Crippen MR) is 130 cm³/mol. The maximum Gasteiger partial charge on any atom is 0.157 e. The Hall–Kier alpha value is -1.43. The molecule has 0 saturated heterocycles. The number of aliphatic hydroxyl groups is 1. The minimum atomic E-state index is -0.953. The second-order valence-corrected chi connectivity index (χ2v) is 8.99. The Morgan fingerprint density at radius 2 is 1.45 bits per heavy atom. The summed E-state index contributed by atoms with van der Waals surface area (Å²) < 4.78 is 0. The number of benzene rings is 2. The highest BCUT2D eigenvalue weighted by molar-refractivity contribution is 6.34. The zero-order valence-corrected chi connectivity index (χ0v) is 19.7. The van der Waals surface area contributed by atoms with Crippen LogP contribution >= 0.6 is 35.6 Å². The zero-order valence-electron chi connectivity index (χ0n) is 17.4. The van der Waals surface area contributed by atoms with Crippen LogP contribution in [0.2, 0.25) is 10.0 Å². The molecule has 2 aromatic rings. The fourth-order valence-electron chi connectivity index (χ4n) is 4.28. The molecule has 4 rings (SSSR count). The minimum absolute atomic E-state index is 0. The number of rotatable bonds is 3. The van der Waals surface area contributed by atoms with Gasteiger partial charge in [-0.05, 0) is 43.4 Å². The Bertz CT molecular complexity index is 929. The van der Waals surface area contributed by atoms with Crippen molar-refractivity contribution in [1.82, 2.24) is 0 Å². The molecule has 168 valence electrons. The first-order valence-corrected chi connectivity index (χ1v) is 11.2. The van der Waals surface area contributed by atoms with Crippen LogP contribution in [0.25, 0.3) is 0 Å². The lowest BCUT2D eigenvalue weighted by Gasteiger charge is -2.32. The number of ketones is 1. The molecule has 7 heteroatoms. The number of nitrogens with two attached hydrogens (primary N) is 1. The Labute approximate surface area is 200 Å². The van der Waals surface area contributed by atoms with Crippen molar-refractivity contribution in [3.05, 3.63) is 69.7 Å². The molecule has 4 N–H and O–H groups in total. The van der Waals surface area contributed by atoms with E-state index in [0.717, 1.165) is 31.2 Å². The van der Waals surface area contributed by atoms with Crippen molar-refractivity contribution in [1.29, 1.82) is 5.41 Å². The van der Waals surface area contributed by atoms with E-state index in [1.807, 2.05) is 30.3 Å². The van der Waals surface area contributed by atoms with E-state index in [2.05, 4.69) is 0 Å². The first-order valence-electron chi connectivity index (χ1n) is 10.4. The summed E-state index contributed by atoms with van der Waals surface area (Å²) in [6.07, 6.45) is 6.55. The molecule has 0 aliphatic heterocycles. The van der Waals surface area contributed by atoms with Gasteiger partial charge in [-0.25, -0.2) is 0 Å². The van der Waals surface area contributed by atoms with Gasteiger partial charge in [-0.3, -0.25) is 4.79 Å². The standard InChI is InChI=1S/2C12H14ClNO.ClH/c13-10-6-2-1-5-9(10)11(14)12(15)7-3-4-8-12;13-10-6-2-1-5-9(10)12(14)8-4-3-7-11(12)15;/h1-2,5-6,14-15H,3-4,7-8H2;1-2,5-6H,3-4,7-8,14H2;1H. The fourth-order valence-corrected chi connectivity index (χ4v) is 4.82. The van der Waals surface area contributed by atoms with Crippen LogP contribution in [0.15, 0.2) is 48.5 Å². The molecule has 0 radical (unpaired) electrons. The Balaban J connectivity index is 0.000000213. The van der Waals surface area contributed by atoms with E-state index in [1.54, 1.807) is 18.2 Å². The van der Waals surface area contributed by atoms with Crippen LogP contribution in [0.4, 0.5) is 0 Å². The van der Waals surface area contributed by atoms with Crippen LogP contribution in [0.3, 0.4) is 0 Å². The van der Waals surface area contributed by atoms with Gasteiger partial charge in [0.05, 0.1) is 5.71 Å². The van der Waals surface area contributed by atoms with Crippen LogP contribution in [-0.2, 0) is 10.3 Å². The average molecular weight is 484 g/mol. The Morgan fingerprint density at radius 3 is 2.03 bits per heavy atom. The van der Waals surface area contributed by atoms with Gasteiger partial charge < -0.3 is 16.2 Å². The molecule has 4 nitrogen and oxygen atoms in total. The molecular weight excluding hydrogens is 455 g/mol. The maximum absolute atomic E-state index is 11.9. The largest absolute Gasteiger partial charge is 0.384 e. The molecule has 1 unspecified atom stereocenters. The number of nitrogens with one attached hydrogen (secondary N) is 1. The highest BCUT2D eigenvalue weighted by Gasteiger charge is 2.39. The molecular formula is C24H29Cl3N2O2. The van der Waals surface area contributed by atoms with Gasteiger partial charge >= 0.3 is 0 Å². The summed E-state index contributed by atoms with van der Waals surface area (Å²) in [7, 11) is 0. The van der Waals surface area contributed by atoms with E-state index >= 15 is 0 Å². The average Bonchev–Trinajstić information content (AvgIpc) is 3.19. The van der Waals surface area contributed by atoms with Gasteiger partial charge in [-0.2, -0.15) is 0 Å². The number of carbonyl (C=O) groups excluding carboxylic acids is 1. The fraction of sp³-hybridized carbons (Fsp3) is 0.417. The highest BCUT2D eigenvalue weighted by Crippen LogP contribution is 2.36. The molecule has 2 saturated carbocycles. The van der Waals surface area contributed by atoms with Gasteiger partial charge in [0, 0.05) is 22.0 Å². The van der Waals surface area contributed by atoms with E-state index in [-0.39, 0.29) is 23.9 Å². The summed E-state index contributed by atoms with van der Waals surface area (Å²) in [6.45, 7) is 0. The summed E-state index contributed by atoms with van der Waals surface area (Å²) in [5, 5.41) is 19.4. The van der Waals surface area contributed by atoms with E-state index < -0.39 is 11.1 Å². The topological polar surface area (TPSA) is 87.2 Å². The van der Waals surface area contributed by atoms with Crippen molar-refractivity contribution in [2.45, 2.75) is 62.5 Å². The van der Waals surface area contributed by atoms with Gasteiger partial charge in [0.2, 0.25) is 0 Å². The van der Waals surface area contributed by atoms with Gasteiger partial charge in [0.1, 0.15) is 11.1 Å². The number of carbonyl (C=O) groups is 1. The summed E-state index contributed by atoms with van der Waals surface area (Å²) in [5.41, 5.74) is 6.09. The van der Waals surface area contributed by atoms with Gasteiger partial charge in [-0.1, -0.05) is 78.9 Å². The monoisotopic (exact) mass is 482 g/mol. The molecule has 2 aliphatic carbocycles. The van der Waals surface area contributed by atoms with Crippen molar-refractivity contribution in [2.75, 3.05) is 0 Å². The molecule has 2 fully saturated rings. The second-order valence-electron chi connectivity index (χ2n) is 8.18. The third-order valence-electron chi connectivity index (χ3n) is 6.12. The van der Waals surface area contributed by atoms with Crippen LogP contribution in [0, 0.1) is 5.41 Å². The van der Waals surface area contributed by atoms with Crippen molar-refractivity contribution in [3.8, 4) is 0 Å². The summed E-state index contributed by atoms with van der Waals surface area (Å²) >= 11 is 12.1. The predicted octanol–water partition coefficient (Wildman–Crippen LogP) is 6.07. The number of halogens is 3. The first-order chi connectivity index (χ1) is 14.3. The summed E-state index contributed by atoms with van der Waals surface area (Å²) in [6, 6.07) is 14.6. The minimum Gasteiger partial charge on any atom is -0.384 e. The van der Waals surface area contributed by atoms with Crippen LogP contribution in [0.5, 0.6) is 0 Å². The Kier molecular flexibility index (Phi) is 9.11. The SMILES string of the molecule is Cl.N=C(c1ccccc1Cl)C1(O)CCCC1.NC1(c2ccccc2Cl)CCCCC1=O. The van der Waals surface area contributed by atoms with E-state index in [4.69, 9.17) is 34.3 Å². The Morgan fingerprint density at radius 1 is 0.903 bits per heavy atom. The van der Waals surface area contributed by atoms with Gasteiger partial charge in [0.25, 0.3) is 0 Å². The molecule has 0 amide bonds. The molecule has 0 bridgehead atoms. The van der Waals surface area contributed by atoms with Gasteiger partial charge in [0.15, 0.2) is 5.78 Å². The normalized spacial score (nSPS) is 22.1. The van der Waals surface area contributed by atoms with Crippen molar-refractivity contribution >= 4 is 47.1 Å². The van der Waals surface area contributed by atoms with Crippen LogP contribution in [-0.4, -0.2) is 22.2 Å². The quantitative estimate of drug-likeness (QED) is 0.463. The van der Waals surface area contributed by atoms with Gasteiger partial charge in [-0.15, -0.1) is 12.4 Å². The highest BCUT2D eigenvalue weighted by atomic mass is 35.5. The first kappa shape index (κ1) is 25.8.